The molecule has 0 unspecified atom stereocenters. The molecule has 0 fully saturated rings. The highest BCUT2D eigenvalue weighted by Crippen LogP contribution is 2.54. The van der Waals surface area contributed by atoms with Gasteiger partial charge >= 0.3 is 0 Å². The monoisotopic (exact) mass is 1550 g/mol. The van der Waals surface area contributed by atoms with Gasteiger partial charge in [0.1, 0.15) is 11.4 Å². The molecule has 0 aliphatic carbocycles. The van der Waals surface area contributed by atoms with Gasteiger partial charge in [-0.25, -0.2) is 39.9 Å². The number of fused-ring (bicyclic) bond motifs is 6. The van der Waals surface area contributed by atoms with E-state index in [0.717, 1.165) is 157 Å². The lowest BCUT2D eigenvalue weighted by Gasteiger charge is -2.33. The number of para-hydroxylation sites is 8. The Labute approximate surface area is 687 Å². The molecule has 0 saturated heterocycles. The van der Waals surface area contributed by atoms with Crippen molar-refractivity contribution in [1.29, 1.82) is 0 Å². The Hall–Kier alpha value is -17.0. The first kappa shape index (κ1) is 70.8. The van der Waals surface area contributed by atoms with Crippen molar-refractivity contribution >= 4 is 55.7 Å². The van der Waals surface area contributed by atoms with Crippen LogP contribution in [0.25, 0.3) is 158 Å². The van der Waals surface area contributed by atoms with Crippen molar-refractivity contribution in [2.75, 3.05) is 9.80 Å². The van der Waals surface area contributed by atoms with Crippen molar-refractivity contribution < 1.29 is 9.47 Å². The topological polar surface area (TPSA) is 231 Å². The molecule has 14 heterocycles. The average Bonchev–Trinajstić information content (AvgIpc) is 0.746. The van der Waals surface area contributed by atoms with Gasteiger partial charge in [-0.3, -0.25) is 39.9 Å². The van der Waals surface area contributed by atoms with Gasteiger partial charge in [-0.1, -0.05) is 84.9 Å². The maximum atomic E-state index is 6.38. The summed E-state index contributed by atoms with van der Waals surface area (Å²) >= 11 is 0. The highest BCUT2D eigenvalue weighted by molar-refractivity contribution is 6.05. The van der Waals surface area contributed by atoms with E-state index in [1.54, 1.807) is 62.0 Å². The minimum Gasteiger partial charge on any atom is -0.453 e. The molecule has 8 aromatic carbocycles. The minimum atomic E-state index is 0.496. The fourth-order valence-electron chi connectivity index (χ4n) is 15.1. The van der Waals surface area contributed by atoms with Gasteiger partial charge in [-0.15, -0.1) is 0 Å². The minimum absolute atomic E-state index is 0.496. The second-order valence-electron chi connectivity index (χ2n) is 28.3. The fourth-order valence-corrected chi connectivity index (χ4v) is 15.1. The summed E-state index contributed by atoms with van der Waals surface area (Å²) in [6.45, 7) is 0. The predicted molar refractivity (Wildman–Crippen MR) is 467 cm³/mol. The molecule has 12 aromatic heterocycles. The van der Waals surface area contributed by atoms with Crippen molar-refractivity contribution in [3.8, 4) is 159 Å². The summed E-state index contributed by atoms with van der Waals surface area (Å²) in [5.41, 5.74) is 21.0. The molecule has 0 saturated carbocycles. The molecule has 20 heteroatoms. The first-order chi connectivity index (χ1) is 59.4. The summed E-state index contributed by atoms with van der Waals surface area (Å²) in [6, 6.07) is 101. The number of ether oxygens (including phenoxy) is 2. The summed E-state index contributed by atoms with van der Waals surface area (Å²) < 4.78 is 12.8. The van der Waals surface area contributed by atoms with Crippen LogP contribution in [0.15, 0.2) is 378 Å². The Morgan fingerprint density at radius 3 is 0.883 bits per heavy atom. The van der Waals surface area contributed by atoms with Crippen LogP contribution in [0.5, 0.6) is 23.0 Å². The molecule has 0 radical (unpaired) electrons. The van der Waals surface area contributed by atoms with Crippen LogP contribution < -0.4 is 19.3 Å². The lowest BCUT2D eigenvalue weighted by atomic mass is 9.95. The van der Waals surface area contributed by atoms with E-state index in [4.69, 9.17) is 49.3 Å². The number of aromatic nitrogens is 16. The molecule has 0 bridgehead atoms. The Morgan fingerprint density at radius 1 is 0.200 bits per heavy atom. The van der Waals surface area contributed by atoms with E-state index in [-0.39, 0.29) is 0 Å². The number of pyridine rings is 8. The molecular formula is C100H62N18O2. The second-order valence-corrected chi connectivity index (χ2v) is 28.3. The number of benzene rings is 8. The van der Waals surface area contributed by atoms with Gasteiger partial charge < -0.3 is 19.3 Å². The molecule has 0 N–H and O–H groups in total. The highest BCUT2D eigenvalue weighted by atomic mass is 16.5. The van der Waals surface area contributed by atoms with Crippen molar-refractivity contribution in [3.63, 3.8) is 0 Å². The number of rotatable bonds is 14. The van der Waals surface area contributed by atoms with Crippen molar-refractivity contribution in [3.05, 3.63) is 378 Å². The van der Waals surface area contributed by atoms with E-state index in [9.17, 15) is 0 Å². The van der Waals surface area contributed by atoms with Crippen LogP contribution in [0.1, 0.15) is 0 Å². The van der Waals surface area contributed by atoms with Crippen LogP contribution in [0, 0.1) is 0 Å². The lowest BCUT2D eigenvalue weighted by Crippen LogP contribution is -2.15. The molecule has 2 aliphatic rings. The molecule has 20 nitrogen and oxygen atoms in total. The molecule has 20 aromatic rings. The normalized spacial score (nSPS) is 11.8. The van der Waals surface area contributed by atoms with Crippen LogP contribution in [0.3, 0.4) is 0 Å². The quantitative estimate of drug-likeness (QED) is 0.0984. The zero-order valence-electron chi connectivity index (χ0n) is 63.7. The number of hydrogen-bond donors (Lipinski definition) is 0. The SMILES string of the molecule is c1ccc(-c2cc(-c3cc(-c4cc(-c5ccccn5)nc(-c5cccnc5)n4)c4cc(N5c6ccccc6Oc6ccccc65)ccc4c3)nc(-c3cccnc3)n2)nc1.c1ccc(-c2nc(-c3cccnc3)cc(-c3cc(-c4cc(-c5cccnc5)nc(-c5ccccn5)n4)c4cc(N5c6ccccc6Oc6ccccc65)ccc4c3)n2)nc1. The summed E-state index contributed by atoms with van der Waals surface area (Å²) in [5, 5.41) is 3.94. The first-order valence-electron chi connectivity index (χ1n) is 38.8. The molecule has 564 valence electrons. The molecule has 0 amide bonds. The average molecular weight is 1550 g/mol. The van der Waals surface area contributed by atoms with E-state index >= 15 is 0 Å². The number of anilines is 6. The Morgan fingerprint density at radius 2 is 0.508 bits per heavy atom. The van der Waals surface area contributed by atoms with E-state index < -0.39 is 0 Å². The van der Waals surface area contributed by atoms with Crippen molar-refractivity contribution in [2.24, 2.45) is 0 Å². The lowest BCUT2D eigenvalue weighted by molar-refractivity contribution is 0.477. The molecule has 22 rings (SSSR count). The fraction of sp³-hybridized carbons (Fsp3) is 0. The molecule has 0 atom stereocenters. The van der Waals surface area contributed by atoms with E-state index in [0.29, 0.717) is 57.5 Å². The van der Waals surface area contributed by atoms with Crippen LogP contribution in [0.2, 0.25) is 0 Å². The molecular weight excluding hydrogens is 1490 g/mol. The maximum Gasteiger partial charge on any atom is 0.179 e. The standard InChI is InChI=1S/2C50H31N9O/c1-3-17-47-45(15-1)59(46-16-2-4-18-48(46)60-47)36-20-19-32-25-35(41-28-43(39-13-5-7-23-53-39)57-49(55-41)33-11-9-21-51-30-33)26-38(37(32)27-36)42-29-44(40-14-6-8-24-54-40)58-50(56-42)34-12-10-22-52-31-34;1-3-17-47-45(15-1)59(46-16-2-4-18-48(46)60-47)36-20-19-32-25-35(43-28-41(33-11-9-21-51-30-33)55-49(57-43)39-13-5-7-23-53-39)26-38(37(32)27-36)44-29-42(34-12-10-22-52-31-34)56-50(58-44)40-14-6-8-24-54-40/h2*1-31H. The molecule has 2 aliphatic heterocycles. The largest absolute Gasteiger partial charge is 0.453 e. The van der Waals surface area contributed by atoms with Gasteiger partial charge in [0.25, 0.3) is 0 Å². The number of hydrogen-bond acceptors (Lipinski definition) is 20. The first-order valence-corrected chi connectivity index (χ1v) is 38.8. The van der Waals surface area contributed by atoms with Gasteiger partial charge in [0.2, 0.25) is 0 Å². The second kappa shape index (κ2) is 31.1. The van der Waals surface area contributed by atoms with Crippen molar-refractivity contribution in [2.45, 2.75) is 0 Å². The Bertz CT molecular complexity index is 6480. The van der Waals surface area contributed by atoms with Gasteiger partial charge in [0.05, 0.1) is 79.7 Å². The summed E-state index contributed by atoms with van der Waals surface area (Å²) in [6.07, 6.45) is 21.2. The zero-order chi connectivity index (χ0) is 79.7. The smallest absolute Gasteiger partial charge is 0.179 e. The van der Waals surface area contributed by atoms with Crippen LogP contribution in [-0.4, -0.2) is 79.7 Å². The predicted octanol–water partition coefficient (Wildman–Crippen LogP) is 23.2. The van der Waals surface area contributed by atoms with E-state index in [1.165, 1.54) is 0 Å². The summed E-state index contributed by atoms with van der Waals surface area (Å²) in [5.74, 6) is 5.19. The van der Waals surface area contributed by atoms with Gasteiger partial charge in [-0.05, 0) is 240 Å². The Kier molecular flexibility index (Phi) is 18.3. The number of nitrogens with zero attached hydrogens (tertiary/aromatic N) is 18. The third-order valence-corrected chi connectivity index (χ3v) is 20.7. The van der Waals surface area contributed by atoms with E-state index in [1.807, 2.05) is 231 Å². The summed E-state index contributed by atoms with van der Waals surface area (Å²) in [4.78, 5) is 81.5. The highest BCUT2D eigenvalue weighted by Gasteiger charge is 2.30. The van der Waals surface area contributed by atoms with Crippen LogP contribution in [0.4, 0.5) is 34.1 Å². The Balaban J connectivity index is 0.000000148. The van der Waals surface area contributed by atoms with Gasteiger partial charge in [0.15, 0.2) is 46.3 Å². The summed E-state index contributed by atoms with van der Waals surface area (Å²) in [7, 11) is 0. The maximum absolute atomic E-state index is 6.38. The van der Waals surface area contributed by atoms with Crippen LogP contribution in [-0.2, 0) is 0 Å². The third kappa shape index (κ3) is 14.0. The van der Waals surface area contributed by atoms with Gasteiger partial charge in [-0.2, -0.15) is 0 Å². The third-order valence-electron chi connectivity index (χ3n) is 20.7. The van der Waals surface area contributed by atoms with Crippen molar-refractivity contribution in [1.82, 2.24) is 79.7 Å². The van der Waals surface area contributed by atoms with Crippen LogP contribution >= 0.6 is 0 Å². The molecule has 120 heavy (non-hydrogen) atoms. The van der Waals surface area contributed by atoms with E-state index in [2.05, 4.69) is 135 Å². The zero-order valence-corrected chi connectivity index (χ0v) is 63.7. The molecule has 0 spiro atoms. The van der Waals surface area contributed by atoms with Gasteiger partial charge in [0, 0.05) is 130 Å².